The lowest BCUT2D eigenvalue weighted by atomic mass is 10.1. The van der Waals surface area contributed by atoms with Crippen molar-refractivity contribution in [1.82, 2.24) is 20.3 Å². The Kier molecular flexibility index (Phi) is 6.66. The first-order chi connectivity index (χ1) is 12.8. The van der Waals surface area contributed by atoms with Crippen LogP contribution < -0.4 is 5.32 Å². The topological polar surface area (TPSA) is 56.9 Å². The van der Waals surface area contributed by atoms with E-state index < -0.39 is 0 Å². The van der Waals surface area contributed by atoms with E-state index in [1.54, 1.807) is 6.26 Å². The van der Waals surface area contributed by atoms with Gasteiger partial charge in [0.2, 0.25) is 0 Å². The largest absolute Gasteiger partial charge is 0.364 e. The maximum Gasteiger partial charge on any atom is 0.194 e. The number of hydrogen-bond acceptors (Lipinski definition) is 4. The SMILES string of the molecule is CCNC(=NCc1ccccc1CC)N1CCN(Cc2ccon2)CC1. The molecule has 0 saturated carbocycles. The molecule has 0 amide bonds. The van der Waals surface area contributed by atoms with Gasteiger partial charge in [0.25, 0.3) is 0 Å². The van der Waals surface area contributed by atoms with Crippen LogP contribution in [0.3, 0.4) is 0 Å². The van der Waals surface area contributed by atoms with Crippen LogP contribution in [0.4, 0.5) is 0 Å². The van der Waals surface area contributed by atoms with Crippen molar-refractivity contribution in [2.45, 2.75) is 33.4 Å². The molecule has 2 heterocycles. The van der Waals surface area contributed by atoms with Crippen LogP contribution in [0.15, 0.2) is 46.1 Å². The molecule has 0 radical (unpaired) electrons. The van der Waals surface area contributed by atoms with Crippen LogP contribution in [-0.4, -0.2) is 53.6 Å². The molecule has 1 fully saturated rings. The zero-order valence-electron chi connectivity index (χ0n) is 15.8. The second kappa shape index (κ2) is 9.38. The highest BCUT2D eigenvalue weighted by molar-refractivity contribution is 5.80. The van der Waals surface area contributed by atoms with Crippen LogP contribution >= 0.6 is 0 Å². The fraction of sp³-hybridized carbons (Fsp3) is 0.500. The third-order valence-electron chi connectivity index (χ3n) is 4.78. The van der Waals surface area contributed by atoms with Gasteiger partial charge in [-0.15, -0.1) is 0 Å². The maximum absolute atomic E-state index is 4.92. The van der Waals surface area contributed by atoms with E-state index in [-0.39, 0.29) is 0 Å². The van der Waals surface area contributed by atoms with Gasteiger partial charge in [-0.3, -0.25) is 4.90 Å². The lowest BCUT2D eigenvalue weighted by molar-refractivity contribution is 0.169. The summed E-state index contributed by atoms with van der Waals surface area (Å²) in [4.78, 5) is 9.67. The molecular formula is C20H29N5O. The predicted octanol–water partition coefficient (Wildman–Crippen LogP) is 2.52. The molecule has 1 aromatic heterocycles. The molecule has 2 aromatic rings. The van der Waals surface area contributed by atoms with E-state index >= 15 is 0 Å². The summed E-state index contributed by atoms with van der Waals surface area (Å²) in [7, 11) is 0. The van der Waals surface area contributed by atoms with Crippen molar-refractivity contribution in [3.05, 3.63) is 53.4 Å². The Morgan fingerprint density at radius 3 is 2.54 bits per heavy atom. The monoisotopic (exact) mass is 355 g/mol. The standard InChI is InChI=1S/C20H29N5O/c1-3-17-7-5-6-8-18(17)15-22-20(21-4-2)25-12-10-24(11-13-25)16-19-9-14-26-23-19/h5-9,14H,3-4,10-13,15-16H2,1-2H3,(H,21,22). The number of hydrogen-bond donors (Lipinski definition) is 1. The lowest BCUT2D eigenvalue weighted by Gasteiger charge is -2.36. The van der Waals surface area contributed by atoms with Gasteiger partial charge < -0.3 is 14.7 Å². The molecule has 1 saturated heterocycles. The number of guanidine groups is 1. The van der Waals surface area contributed by atoms with E-state index in [9.17, 15) is 0 Å². The minimum absolute atomic E-state index is 0.728. The Balaban J connectivity index is 1.59. The van der Waals surface area contributed by atoms with Crippen molar-refractivity contribution >= 4 is 5.96 Å². The summed E-state index contributed by atoms with van der Waals surface area (Å²) in [5, 5.41) is 7.46. The number of rotatable bonds is 6. The van der Waals surface area contributed by atoms with Crippen LogP contribution in [0.2, 0.25) is 0 Å². The van der Waals surface area contributed by atoms with Gasteiger partial charge in [0, 0.05) is 45.3 Å². The van der Waals surface area contributed by atoms with Crippen molar-refractivity contribution < 1.29 is 4.52 Å². The number of nitrogens with one attached hydrogen (secondary N) is 1. The van der Waals surface area contributed by atoms with Crippen molar-refractivity contribution in [3.8, 4) is 0 Å². The number of nitrogens with zero attached hydrogens (tertiary/aromatic N) is 4. The van der Waals surface area contributed by atoms with E-state index in [0.29, 0.717) is 0 Å². The molecule has 0 spiro atoms. The first-order valence-electron chi connectivity index (χ1n) is 9.51. The number of benzene rings is 1. The Morgan fingerprint density at radius 1 is 1.12 bits per heavy atom. The maximum atomic E-state index is 4.92. The van der Waals surface area contributed by atoms with Crippen LogP contribution in [-0.2, 0) is 19.5 Å². The van der Waals surface area contributed by atoms with Gasteiger partial charge in [-0.1, -0.05) is 36.3 Å². The van der Waals surface area contributed by atoms with Crippen LogP contribution in [0.25, 0.3) is 0 Å². The van der Waals surface area contributed by atoms with E-state index in [4.69, 9.17) is 9.52 Å². The molecule has 140 valence electrons. The fourth-order valence-corrected chi connectivity index (χ4v) is 3.31. The molecule has 1 aliphatic heterocycles. The molecule has 6 heteroatoms. The number of aromatic nitrogens is 1. The van der Waals surface area contributed by atoms with Gasteiger partial charge >= 0.3 is 0 Å². The van der Waals surface area contributed by atoms with E-state index in [1.165, 1.54) is 11.1 Å². The minimum atomic E-state index is 0.728. The smallest absolute Gasteiger partial charge is 0.194 e. The van der Waals surface area contributed by atoms with Gasteiger partial charge in [-0.05, 0) is 24.5 Å². The third kappa shape index (κ3) is 4.85. The lowest BCUT2D eigenvalue weighted by Crippen LogP contribution is -2.52. The molecular weight excluding hydrogens is 326 g/mol. The van der Waals surface area contributed by atoms with Gasteiger partial charge in [0.05, 0.1) is 12.2 Å². The third-order valence-corrected chi connectivity index (χ3v) is 4.78. The van der Waals surface area contributed by atoms with Gasteiger partial charge in [-0.25, -0.2) is 4.99 Å². The average molecular weight is 355 g/mol. The van der Waals surface area contributed by atoms with E-state index in [1.807, 2.05) is 6.07 Å². The molecule has 1 N–H and O–H groups in total. The molecule has 1 aliphatic rings. The molecule has 0 unspecified atom stereocenters. The highest BCUT2D eigenvalue weighted by atomic mass is 16.5. The summed E-state index contributed by atoms with van der Waals surface area (Å²) in [6, 6.07) is 10.5. The molecule has 0 aliphatic carbocycles. The van der Waals surface area contributed by atoms with Crippen molar-refractivity contribution in [2.24, 2.45) is 4.99 Å². The number of piperazine rings is 1. The predicted molar refractivity (Wildman–Crippen MR) is 104 cm³/mol. The first-order valence-corrected chi connectivity index (χ1v) is 9.51. The minimum Gasteiger partial charge on any atom is -0.364 e. The van der Waals surface area contributed by atoms with Crippen LogP contribution in [0, 0.1) is 0 Å². The Morgan fingerprint density at radius 2 is 1.88 bits per heavy atom. The molecule has 0 bridgehead atoms. The van der Waals surface area contributed by atoms with Crippen LogP contribution in [0.1, 0.15) is 30.7 Å². The highest BCUT2D eigenvalue weighted by Gasteiger charge is 2.20. The number of aliphatic imine (C=N–C) groups is 1. The normalized spacial score (nSPS) is 16.1. The van der Waals surface area contributed by atoms with Crippen molar-refractivity contribution in [2.75, 3.05) is 32.7 Å². The summed E-state index contributed by atoms with van der Waals surface area (Å²) in [5.74, 6) is 1.01. The number of aryl methyl sites for hydroxylation is 1. The van der Waals surface area contributed by atoms with Gasteiger partial charge in [0.1, 0.15) is 6.26 Å². The average Bonchev–Trinajstić information content (AvgIpc) is 3.19. The summed E-state index contributed by atoms with van der Waals surface area (Å²) >= 11 is 0. The summed E-state index contributed by atoms with van der Waals surface area (Å²) in [6.45, 7) is 10.7. The van der Waals surface area contributed by atoms with Crippen LogP contribution in [0.5, 0.6) is 0 Å². The summed E-state index contributed by atoms with van der Waals surface area (Å²) < 4.78 is 4.92. The molecule has 3 rings (SSSR count). The van der Waals surface area contributed by atoms with E-state index in [0.717, 1.165) is 63.9 Å². The first kappa shape index (κ1) is 18.5. The zero-order chi connectivity index (χ0) is 18.2. The molecule has 0 atom stereocenters. The zero-order valence-corrected chi connectivity index (χ0v) is 15.8. The Labute approximate surface area is 155 Å². The Bertz CT molecular complexity index is 690. The fourth-order valence-electron chi connectivity index (χ4n) is 3.31. The molecule has 6 nitrogen and oxygen atoms in total. The van der Waals surface area contributed by atoms with Crippen molar-refractivity contribution in [3.63, 3.8) is 0 Å². The quantitative estimate of drug-likeness (QED) is 0.637. The second-order valence-corrected chi connectivity index (χ2v) is 6.55. The molecule has 26 heavy (non-hydrogen) atoms. The van der Waals surface area contributed by atoms with Crippen molar-refractivity contribution in [1.29, 1.82) is 0 Å². The summed E-state index contributed by atoms with van der Waals surface area (Å²) in [5.41, 5.74) is 3.69. The second-order valence-electron chi connectivity index (χ2n) is 6.55. The highest BCUT2D eigenvalue weighted by Crippen LogP contribution is 2.12. The Hall–Kier alpha value is -2.34. The summed E-state index contributed by atoms with van der Waals surface area (Å²) in [6.07, 6.45) is 2.68. The van der Waals surface area contributed by atoms with Gasteiger partial charge in [0.15, 0.2) is 5.96 Å². The molecule has 1 aromatic carbocycles. The van der Waals surface area contributed by atoms with Gasteiger partial charge in [-0.2, -0.15) is 0 Å². The van der Waals surface area contributed by atoms with E-state index in [2.05, 4.69) is 58.4 Å².